The fourth-order valence-corrected chi connectivity index (χ4v) is 4.37. The number of nitrogens with one attached hydrogen (secondary N) is 1. The van der Waals surface area contributed by atoms with E-state index in [2.05, 4.69) is 10.2 Å². The van der Waals surface area contributed by atoms with E-state index < -0.39 is 0 Å². The van der Waals surface area contributed by atoms with Gasteiger partial charge in [-0.3, -0.25) is 14.4 Å². The second-order valence-electron chi connectivity index (χ2n) is 9.00. The van der Waals surface area contributed by atoms with E-state index in [9.17, 15) is 14.4 Å². The van der Waals surface area contributed by atoms with Gasteiger partial charge in [0.05, 0.1) is 5.56 Å². The van der Waals surface area contributed by atoms with Gasteiger partial charge in [0.2, 0.25) is 11.8 Å². The molecule has 0 aromatic heterocycles. The normalized spacial score (nSPS) is 16.2. The van der Waals surface area contributed by atoms with E-state index in [1.165, 1.54) is 6.92 Å². The summed E-state index contributed by atoms with van der Waals surface area (Å²) in [6, 6.07) is 15.4. The molecular formula is C26H32N4O3. The fourth-order valence-electron chi connectivity index (χ4n) is 4.37. The third kappa shape index (κ3) is 5.72. The number of rotatable bonds is 6. The van der Waals surface area contributed by atoms with Crippen LogP contribution in [0.15, 0.2) is 48.5 Å². The molecule has 4 rings (SSSR count). The number of hydrogen-bond donors (Lipinski definition) is 1. The number of hydrogen-bond acceptors (Lipinski definition) is 4. The second-order valence-corrected chi connectivity index (χ2v) is 9.00. The Kier molecular flexibility index (Phi) is 6.96. The summed E-state index contributed by atoms with van der Waals surface area (Å²) in [5, 5.41) is 2.79. The van der Waals surface area contributed by atoms with E-state index in [1.807, 2.05) is 47.4 Å². The van der Waals surface area contributed by atoms with Gasteiger partial charge in [-0.15, -0.1) is 0 Å². The SMILES string of the molecule is CC(=O)Nc1ccc(N2CCCN(C(=O)C3CC3)CC2)c(C(=O)N(C)Cc2ccccc2)c1. The first-order valence-electron chi connectivity index (χ1n) is 11.7. The Bertz CT molecular complexity index is 1020. The lowest BCUT2D eigenvalue weighted by molar-refractivity contribution is -0.132. The van der Waals surface area contributed by atoms with Crippen LogP contribution in [0.3, 0.4) is 0 Å². The van der Waals surface area contributed by atoms with E-state index in [4.69, 9.17) is 0 Å². The lowest BCUT2D eigenvalue weighted by Crippen LogP contribution is -2.36. The minimum atomic E-state index is -0.178. The molecule has 0 radical (unpaired) electrons. The molecule has 2 aromatic rings. The first-order valence-corrected chi connectivity index (χ1v) is 11.7. The average Bonchev–Trinajstić information content (AvgIpc) is 3.66. The standard InChI is InChI=1S/C26H32N4O3/c1-19(31)27-22-11-12-24(29-13-6-14-30(16-15-29)25(32)21-9-10-21)23(17-22)26(33)28(2)18-20-7-4-3-5-8-20/h3-5,7-8,11-12,17,21H,6,9-10,13-16,18H2,1-2H3,(H,27,31). The molecule has 0 unspecified atom stereocenters. The van der Waals surface area contributed by atoms with Crippen molar-refractivity contribution in [1.29, 1.82) is 0 Å². The molecule has 0 bridgehead atoms. The number of benzene rings is 2. The number of anilines is 2. The van der Waals surface area contributed by atoms with Crippen LogP contribution in [0.5, 0.6) is 0 Å². The van der Waals surface area contributed by atoms with Crippen molar-refractivity contribution >= 4 is 29.1 Å². The van der Waals surface area contributed by atoms with Crippen molar-refractivity contribution in [3.05, 3.63) is 59.7 Å². The van der Waals surface area contributed by atoms with E-state index in [0.29, 0.717) is 30.9 Å². The van der Waals surface area contributed by atoms with Gasteiger partial charge in [0.1, 0.15) is 0 Å². The summed E-state index contributed by atoms with van der Waals surface area (Å²) in [5.41, 5.74) is 3.05. The molecule has 1 aliphatic carbocycles. The molecule has 1 aliphatic heterocycles. The van der Waals surface area contributed by atoms with E-state index >= 15 is 0 Å². The zero-order valence-corrected chi connectivity index (χ0v) is 19.4. The molecule has 1 saturated heterocycles. The molecule has 7 heteroatoms. The first-order chi connectivity index (χ1) is 15.9. The maximum absolute atomic E-state index is 13.5. The molecular weight excluding hydrogens is 416 g/mol. The third-order valence-corrected chi connectivity index (χ3v) is 6.23. The fraction of sp³-hybridized carbons (Fsp3) is 0.423. The number of carbonyl (C=O) groups excluding carboxylic acids is 3. The van der Waals surface area contributed by atoms with Crippen LogP contribution in [0.25, 0.3) is 0 Å². The van der Waals surface area contributed by atoms with Gasteiger partial charge in [-0.05, 0) is 43.0 Å². The predicted molar refractivity (Wildman–Crippen MR) is 129 cm³/mol. The highest BCUT2D eigenvalue weighted by molar-refractivity contribution is 6.02. The van der Waals surface area contributed by atoms with E-state index in [0.717, 1.165) is 43.6 Å². The molecule has 7 nitrogen and oxygen atoms in total. The first kappa shape index (κ1) is 22.8. The quantitative estimate of drug-likeness (QED) is 0.736. The summed E-state index contributed by atoms with van der Waals surface area (Å²) in [7, 11) is 1.79. The molecule has 2 fully saturated rings. The summed E-state index contributed by atoms with van der Waals surface area (Å²) in [4.78, 5) is 43.6. The Labute approximate surface area is 195 Å². The van der Waals surface area contributed by atoms with E-state index in [-0.39, 0.29) is 23.6 Å². The highest BCUT2D eigenvalue weighted by Gasteiger charge is 2.34. The molecule has 0 atom stereocenters. The number of amides is 3. The van der Waals surface area contributed by atoms with Crippen molar-refractivity contribution in [3.63, 3.8) is 0 Å². The van der Waals surface area contributed by atoms with Gasteiger partial charge in [-0.25, -0.2) is 0 Å². The minimum Gasteiger partial charge on any atom is -0.369 e. The number of carbonyl (C=O) groups is 3. The zero-order chi connectivity index (χ0) is 23.4. The van der Waals surface area contributed by atoms with Crippen LogP contribution >= 0.6 is 0 Å². The summed E-state index contributed by atoms with van der Waals surface area (Å²) in [6.07, 6.45) is 2.88. The second kappa shape index (κ2) is 10.1. The monoisotopic (exact) mass is 448 g/mol. The number of nitrogens with zero attached hydrogens (tertiary/aromatic N) is 3. The zero-order valence-electron chi connectivity index (χ0n) is 19.4. The summed E-state index contributed by atoms with van der Waals surface area (Å²) in [6.45, 7) is 4.82. The Morgan fingerprint density at radius 2 is 1.76 bits per heavy atom. The molecule has 1 heterocycles. The van der Waals surface area contributed by atoms with Crippen molar-refractivity contribution in [2.24, 2.45) is 5.92 Å². The Morgan fingerprint density at radius 1 is 1.00 bits per heavy atom. The molecule has 2 aromatic carbocycles. The van der Waals surface area contributed by atoms with Gasteiger partial charge in [0, 0.05) is 64.0 Å². The summed E-state index contributed by atoms with van der Waals surface area (Å²) < 4.78 is 0. The average molecular weight is 449 g/mol. The van der Waals surface area contributed by atoms with Gasteiger partial charge in [0.25, 0.3) is 5.91 Å². The predicted octanol–water partition coefficient (Wildman–Crippen LogP) is 3.37. The largest absolute Gasteiger partial charge is 0.369 e. The molecule has 0 spiro atoms. The topological polar surface area (TPSA) is 73.0 Å². The summed E-state index contributed by atoms with van der Waals surface area (Å²) >= 11 is 0. The van der Waals surface area contributed by atoms with Crippen molar-refractivity contribution in [2.75, 3.05) is 43.4 Å². The molecule has 2 aliphatic rings. The van der Waals surface area contributed by atoms with Crippen molar-refractivity contribution < 1.29 is 14.4 Å². The highest BCUT2D eigenvalue weighted by atomic mass is 16.2. The molecule has 1 N–H and O–H groups in total. The van der Waals surface area contributed by atoms with Crippen molar-refractivity contribution in [2.45, 2.75) is 32.7 Å². The third-order valence-electron chi connectivity index (χ3n) is 6.23. The maximum atomic E-state index is 13.5. The van der Waals surface area contributed by atoms with Crippen molar-refractivity contribution in [3.8, 4) is 0 Å². The minimum absolute atomic E-state index is 0.101. The van der Waals surface area contributed by atoms with Gasteiger partial charge < -0.3 is 20.0 Å². The van der Waals surface area contributed by atoms with Gasteiger partial charge in [-0.1, -0.05) is 30.3 Å². The lowest BCUT2D eigenvalue weighted by atomic mass is 10.1. The van der Waals surface area contributed by atoms with Crippen LogP contribution in [0.4, 0.5) is 11.4 Å². The van der Waals surface area contributed by atoms with Crippen LogP contribution in [0.2, 0.25) is 0 Å². The molecule has 1 saturated carbocycles. The van der Waals surface area contributed by atoms with Gasteiger partial charge in [0.15, 0.2) is 0 Å². The highest BCUT2D eigenvalue weighted by Crippen LogP contribution is 2.32. The smallest absolute Gasteiger partial charge is 0.256 e. The Morgan fingerprint density at radius 3 is 2.45 bits per heavy atom. The van der Waals surface area contributed by atoms with Crippen LogP contribution in [-0.4, -0.2) is 60.7 Å². The molecule has 33 heavy (non-hydrogen) atoms. The van der Waals surface area contributed by atoms with Crippen molar-refractivity contribution in [1.82, 2.24) is 9.80 Å². The Balaban J connectivity index is 1.56. The van der Waals surface area contributed by atoms with E-state index in [1.54, 1.807) is 18.0 Å². The maximum Gasteiger partial charge on any atom is 0.256 e. The van der Waals surface area contributed by atoms with Gasteiger partial charge >= 0.3 is 0 Å². The molecule has 3 amide bonds. The molecule has 174 valence electrons. The van der Waals surface area contributed by atoms with Crippen LogP contribution in [0, 0.1) is 5.92 Å². The Hall–Kier alpha value is -3.35. The van der Waals surface area contributed by atoms with Gasteiger partial charge in [-0.2, -0.15) is 0 Å². The van der Waals surface area contributed by atoms with Crippen LogP contribution < -0.4 is 10.2 Å². The van der Waals surface area contributed by atoms with Crippen LogP contribution in [0.1, 0.15) is 42.1 Å². The van der Waals surface area contributed by atoms with Crippen LogP contribution in [-0.2, 0) is 16.1 Å². The summed E-state index contributed by atoms with van der Waals surface area (Å²) in [5.74, 6) is 0.216. The lowest BCUT2D eigenvalue weighted by Gasteiger charge is -2.28.